The average molecular weight is 696 g/mol. The first-order valence-electron chi connectivity index (χ1n) is 17.4. The Hall–Kier alpha value is -3.68. The monoisotopic (exact) mass is 696 g/mol. The minimum Gasteiger partial charge on any atom is -0.445 e. The van der Waals surface area contributed by atoms with Crippen LogP contribution in [0.2, 0.25) is 0 Å². The molecule has 4 radical (unpaired) electrons. The van der Waals surface area contributed by atoms with Gasteiger partial charge in [0.2, 0.25) is 5.65 Å². The predicted molar refractivity (Wildman–Crippen MR) is 186 cm³/mol. The Morgan fingerprint density at radius 3 is 2.72 bits per heavy atom. The molecule has 2 saturated heterocycles. The number of hydrogen-bond donors (Lipinski definition) is 4. The van der Waals surface area contributed by atoms with Crippen LogP contribution in [0.15, 0.2) is 4.52 Å². The van der Waals surface area contributed by atoms with E-state index in [0.717, 1.165) is 54.5 Å². The molecule has 0 aromatic carbocycles. The summed E-state index contributed by atoms with van der Waals surface area (Å²) < 4.78 is 15.2. The summed E-state index contributed by atoms with van der Waals surface area (Å²) in [5.41, 5.74) is 9.60. The van der Waals surface area contributed by atoms with Gasteiger partial charge < -0.3 is 25.0 Å². The molecule has 17 heteroatoms. The molecule has 3 atom stereocenters. The minimum absolute atomic E-state index is 0.124. The standard InChI is InChI=1S/C33H40B2N9O5S/c1-3-7-22-23(21(14-36)27(37)50-22)19-10-4-11-20-25(40-49-26(19)20)28-38-29(41-12-5-8-17(15-41)32(34,35)45)24-30(39-28)43-16-18-9-6-13-42(18)33(46,47)44(43)31(24)48-2/h17-19,45-47H,3-13,15-16,37H2,1-2H3/q+1. The summed E-state index contributed by atoms with van der Waals surface area (Å²) >= 11 is 1.47. The molecular weight excluding hydrogens is 656 g/mol. The summed E-state index contributed by atoms with van der Waals surface area (Å²) in [4.78, 5) is 15.0. The third-order valence-electron chi connectivity index (χ3n) is 11.0. The number of nitrogens with zero attached hydrogens (tertiary/aromatic N) is 8. The van der Waals surface area contributed by atoms with Crippen LogP contribution in [-0.2, 0) is 25.4 Å². The zero-order chi connectivity index (χ0) is 35.1. The topological polar surface area (TPSA) is 187 Å². The molecule has 5 N–H and O–H groups in total. The highest BCUT2D eigenvalue weighted by atomic mass is 32.1. The summed E-state index contributed by atoms with van der Waals surface area (Å²) in [6, 6.07) is -0.157. The number of ether oxygens (including phenoxy) is 1. The van der Waals surface area contributed by atoms with Gasteiger partial charge in [-0.05, 0) is 68.2 Å². The Morgan fingerprint density at radius 1 is 1.18 bits per heavy atom. The Balaban J connectivity index is 1.33. The molecule has 1 aliphatic carbocycles. The first-order valence-corrected chi connectivity index (χ1v) is 18.3. The van der Waals surface area contributed by atoms with Gasteiger partial charge in [0, 0.05) is 46.7 Å². The van der Waals surface area contributed by atoms with Crippen LogP contribution in [0.5, 0.6) is 5.88 Å². The molecule has 14 nitrogen and oxygen atoms in total. The van der Waals surface area contributed by atoms with Crippen molar-refractivity contribution in [1.29, 1.82) is 5.26 Å². The van der Waals surface area contributed by atoms with Crippen molar-refractivity contribution < 1.29 is 29.3 Å². The van der Waals surface area contributed by atoms with Gasteiger partial charge in [0.25, 0.3) is 0 Å². The van der Waals surface area contributed by atoms with Crippen molar-refractivity contribution in [2.45, 2.75) is 94.7 Å². The Bertz CT molecular complexity index is 2010. The number of piperidine rings is 1. The number of aromatic nitrogens is 5. The van der Waals surface area contributed by atoms with Gasteiger partial charge in [0.05, 0.1) is 34.9 Å². The van der Waals surface area contributed by atoms with E-state index in [1.807, 2.05) is 4.90 Å². The molecule has 3 unspecified atom stereocenters. The molecule has 4 aliphatic rings. The fourth-order valence-corrected chi connectivity index (χ4v) is 9.90. The smallest absolute Gasteiger partial charge is 0.445 e. The summed E-state index contributed by atoms with van der Waals surface area (Å²) in [6.07, 6.45) is 6.99. The molecule has 4 aromatic heterocycles. The molecule has 0 amide bonds. The van der Waals surface area contributed by atoms with E-state index in [2.05, 4.69) is 18.1 Å². The van der Waals surface area contributed by atoms with Crippen LogP contribution >= 0.6 is 11.3 Å². The summed E-state index contributed by atoms with van der Waals surface area (Å²) in [5, 5.41) is 47.8. The van der Waals surface area contributed by atoms with E-state index in [1.165, 1.54) is 23.1 Å². The van der Waals surface area contributed by atoms with Crippen molar-refractivity contribution in [3.63, 3.8) is 0 Å². The molecule has 0 saturated carbocycles. The first-order chi connectivity index (χ1) is 24.0. The van der Waals surface area contributed by atoms with Gasteiger partial charge in [-0.1, -0.05) is 18.5 Å². The maximum absolute atomic E-state index is 11.7. The quantitative estimate of drug-likeness (QED) is 0.124. The van der Waals surface area contributed by atoms with Crippen molar-refractivity contribution in [2.24, 2.45) is 5.92 Å². The SMILES string of the molecule is [B]C([B])(O)C1CCCN(c2nc(-c3noc4c3CCCC4c3c(CCC)sc(N)c3C#N)nc3c2c(OC)[n+]2n3CC3CCCN3C2(O)O)C1. The van der Waals surface area contributed by atoms with E-state index in [0.29, 0.717) is 90.1 Å². The zero-order valence-electron chi connectivity index (χ0n) is 28.3. The number of rotatable bonds is 7. The largest absolute Gasteiger partial charge is 0.484 e. The highest BCUT2D eigenvalue weighted by molar-refractivity contribution is 7.16. The van der Waals surface area contributed by atoms with Crippen molar-refractivity contribution in [3.05, 3.63) is 27.3 Å². The highest BCUT2D eigenvalue weighted by Crippen LogP contribution is 2.47. The zero-order valence-corrected chi connectivity index (χ0v) is 29.1. The minimum atomic E-state index is -2.38. The van der Waals surface area contributed by atoms with Crippen LogP contribution in [0.1, 0.15) is 85.1 Å². The molecule has 3 aliphatic heterocycles. The number of nitrogen functional groups attached to an aromatic ring is 1. The molecule has 7 heterocycles. The van der Waals surface area contributed by atoms with E-state index >= 15 is 0 Å². The number of anilines is 2. The Labute approximate surface area is 296 Å². The van der Waals surface area contributed by atoms with Crippen LogP contribution in [0, 0.1) is 17.2 Å². The summed E-state index contributed by atoms with van der Waals surface area (Å²) in [5.74, 6) is 1.04. The van der Waals surface area contributed by atoms with Gasteiger partial charge >= 0.3 is 11.9 Å². The molecule has 258 valence electrons. The van der Waals surface area contributed by atoms with Gasteiger partial charge in [0.1, 0.15) is 16.8 Å². The number of fused-ring (bicyclic) bond motifs is 5. The lowest BCUT2D eigenvalue weighted by molar-refractivity contribution is -0.940. The van der Waals surface area contributed by atoms with Crippen LogP contribution < -0.4 is 20.1 Å². The number of aliphatic hydroxyl groups is 3. The van der Waals surface area contributed by atoms with Crippen molar-refractivity contribution in [1.82, 2.24) is 24.7 Å². The number of aryl methyl sites for hydroxylation is 1. The number of methoxy groups -OCH3 is 1. The molecule has 8 rings (SSSR count). The predicted octanol–water partition coefficient (Wildman–Crippen LogP) is 1.55. The number of thiophene rings is 1. The molecule has 2 fully saturated rings. The lowest BCUT2D eigenvalue weighted by atomic mass is 9.56. The maximum Gasteiger partial charge on any atom is 0.484 e. The third-order valence-corrected chi connectivity index (χ3v) is 12.1. The van der Waals surface area contributed by atoms with Gasteiger partial charge in [0.15, 0.2) is 22.7 Å². The van der Waals surface area contributed by atoms with Crippen LogP contribution in [0.3, 0.4) is 0 Å². The van der Waals surface area contributed by atoms with Crippen molar-refractivity contribution in [3.8, 4) is 23.5 Å². The summed E-state index contributed by atoms with van der Waals surface area (Å²) in [7, 11) is 13.5. The molecular formula is C33H40B2N9O5S+. The van der Waals surface area contributed by atoms with Crippen molar-refractivity contribution >= 4 is 48.9 Å². The third kappa shape index (κ3) is 5.05. The fraction of sp³-hybridized carbons (Fsp3) is 0.606. The number of nitrogens with two attached hydrogens (primary N) is 1. The number of hydrogen-bond acceptors (Lipinski definition) is 13. The Morgan fingerprint density at radius 2 is 1.98 bits per heavy atom. The van der Waals surface area contributed by atoms with Crippen LogP contribution in [0.25, 0.3) is 22.6 Å². The van der Waals surface area contributed by atoms with Gasteiger partial charge in [-0.2, -0.15) is 10.2 Å². The maximum atomic E-state index is 11.7. The lowest BCUT2D eigenvalue weighted by Crippen LogP contribution is -2.74. The molecule has 0 bridgehead atoms. The van der Waals surface area contributed by atoms with Crippen LogP contribution in [-0.4, -0.2) is 93.9 Å². The average Bonchev–Trinajstić information content (AvgIpc) is 3.88. The van der Waals surface area contributed by atoms with Gasteiger partial charge in [-0.15, -0.1) is 16.0 Å². The number of nitriles is 1. The molecule has 50 heavy (non-hydrogen) atoms. The van der Waals surface area contributed by atoms with E-state index in [9.17, 15) is 20.6 Å². The second kappa shape index (κ2) is 12.2. The lowest BCUT2D eigenvalue weighted by Gasteiger charge is -2.40. The second-order valence-electron chi connectivity index (χ2n) is 14.1. The van der Waals surface area contributed by atoms with E-state index in [-0.39, 0.29) is 17.8 Å². The first kappa shape index (κ1) is 33.5. The molecule has 4 aromatic rings. The van der Waals surface area contributed by atoms with Crippen LogP contribution in [0.4, 0.5) is 10.8 Å². The fourth-order valence-electron chi connectivity index (χ4n) is 8.71. The highest BCUT2D eigenvalue weighted by Gasteiger charge is 2.59. The van der Waals surface area contributed by atoms with E-state index in [4.69, 9.17) is 40.7 Å². The van der Waals surface area contributed by atoms with Crippen molar-refractivity contribution in [2.75, 3.05) is 37.4 Å². The van der Waals surface area contributed by atoms with Gasteiger partial charge in [-0.25, -0.2) is 9.97 Å². The summed E-state index contributed by atoms with van der Waals surface area (Å²) in [6.45, 7) is 3.96. The van der Waals surface area contributed by atoms with E-state index in [1.54, 1.807) is 9.58 Å². The second-order valence-corrected chi connectivity index (χ2v) is 15.2. The van der Waals surface area contributed by atoms with Gasteiger partial charge in [-0.3, -0.25) is 10.2 Å². The normalized spacial score (nSPS) is 23.4. The Kier molecular flexibility index (Phi) is 8.18. The van der Waals surface area contributed by atoms with E-state index < -0.39 is 17.4 Å². The molecule has 0 spiro atoms.